The zero-order chi connectivity index (χ0) is 13.1. The second kappa shape index (κ2) is 5.46. The normalized spacial score (nSPS) is 10.4. The third-order valence-electron chi connectivity index (χ3n) is 2.28. The van der Waals surface area contributed by atoms with Gasteiger partial charge in [-0.15, -0.1) is 0 Å². The Balaban J connectivity index is 2.30. The molecule has 0 bridgehead atoms. The first-order valence-corrected chi connectivity index (χ1v) is 6.17. The van der Waals surface area contributed by atoms with Crippen molar-refractivity contribution < 1.29 is 9.13 Å². The molecule has 0 saturated carbocycles. The lowest BCUT2D eigenvalue weighted by atomic mass is 10.2. The predicted molar refractivity (Wildman–Crippen MR) is 71.0 cm³/mol. The van der Waals surface area contributed by atoms with Crippen molar-refractivity contribution in [1.29, 1.82) is 0 Å². The van der Waals surface area contributed by atoms with Crippen molar-refractivity contribution in [3.8, 4) is 11.6 Å². The maximum Gasteiger partial charge on any atom is 0.219 e. The molecule has 0 aliphatic rings. The minimum absolute atomic E-state index is 0.369. The Morgan fingerprint density at radius 1 is 1.28 bits per heavy atom. The molecule has 1 aromatic heterocycles. The van der Waals surface area contributed by atoms with Crippen LogP contribution in [0.5, 0.6) is 11.6 Å². The summed E-state index contributed by atoms with van der Waals surface area (Å²) in [5.74, 6) is 0.432. The Bertz CT molecular complexity index is 555. The molecule has 2 rings (SSSR count). The molecule has 94 valence electrons. The maximum absolute atomic E-state index is 13.2. The van der Waals surface area contributed by atoms with Gasteiger partial charge in [-0.2, -0.15) is 0 Å². The summed E-state index contributed by atoms with van der Waals surface area (Å²) >= 11 is 3.21. The summed E-state index contributed by atoms with van der Waals surface area (Å²) in [6, 6.07) is 7.97. The molecule has 1 heterocycles. The fourth-order valence-corrected chi connectivity index (χ4v) is 2.03. The van der Waals surface area contributed by atoms with Crippen molar-refractivity contribution in [2.75, 3.05) is 0 Å². The average Bonchev–Trinajstić information content (AvgIpc) is 2.26. The number of benzene rings is 1. The Labute approximate surface area is 113 Å². The van der Waals surface area contributed by atoms with Crippen LogP contribution in [0.4, 0.5) is 4.39 Å². The van der Waals surface area contributed by atoms with Crippen molar-refractivity contribution in [3.63, 3.8) is 0 Å². The van der Waals surface area contributed by atoms with Gasteiger partial charge in [0.15, 0.2) is 0 Å². The highest BCUT2D eigenvalue weighted by Crippen LogP contribution is 2.25. The van der Waals surface area contributed by atoms with Gasteiger partial charge in [-0.05, 0) is 30.7 Å². The molecule has 2 aromatic rings. The van der Waals surface area contributed by atoms with E-state index in [9.17, 15) is 4.39 Å². The summed E-state index contributed by atoms with van der Waals surface area (Å²) in [5, 5.41) is 0. The Kier molecular flexibility index (Phi) is 3.93. The lowest BCUT2D eigenvalue weighted by Crippen LogP contribution is -1.99. The predicted octanol–water partition coefficient (Wildman–Crippen LogP) is 3.54. The summed E-state index contributed by atoms with van der Waals surface area (Å²) < 4.78 is 19.3. The molecular weight excluding hydrogens is 299 g/mol. The summed E-state index contributed by atoms with van der Waals surface area (Å²) in [5.41, 5.74) is 7.31. The van der Waals surface area contributed by atoms with E-state index >= 15 is 0 Å². The minimum Gasteiger partial charge on any atom is -0.439 e. The van der Waals surface area contributed by atoms with Gasteiger partial charge in [0.05, 0.1) is 0 Å². The van der Waals surface area contributed by atoms with E-state index in [1.165, 1.54) is 12.1 Å². The van der Waals surface area contributed by atoms with E-state index in [-0.39, 0.29) is 5.82 Å². The van der Waals surface area contributed by atoms with Gasteiger partial charge in [-0.1, -0.05) is 15.9 Å². The molecule has 0 unspecified atom stereocenters. The van der Waals surface area contributed by atoms with E-state index in [2.05, 4.69) is 20.9 Å². The van der Waals surface area contributed by atoms with Crippen molar-refractivity contribution >= 4 is 15.9 Å². The fraction of sp³-hybridized carbons (Fsp3) is 0.154. The van der Waals surface area contributed by atoms with Gasteiger partial charge < -0.3 is 10.5 Å². The van der Waals surface area contributed by atoms with Crippen molar-refractivity contribution in [2.24, 2.45) is 5.73 Å². The Morgan fingerprint density at radius 2 is 2.06 bits per heavy atom. The van der Waals surface area contributed by atoms with E-state index in [1.807, 2.05) is 13.0 Å². The third-order valence-corrected chi connectivity index (χ3v) is 2.74. The molecule has 0 fully saturated rings. The highest BCUT2D eigenvalue weighted by molar-refractivity contribution is 9.10. The SMILES string of the molecule is Cc1cc(CN)cc(Oc2cc(F)cc(Br)c2)n1. The zero-order valence-corrected chi connectivity index (χ0v) is 11.4. The molecule has 0 saturated heterocycles. The highest BCUT2D eigenvalue weighted by atomic mass is 79.9. The van der Waals surface area contributed by atoms with Crippen LogP contribution in [0, 0.1) is 12.7 Å². The summed E-state index contributed by atoms with van der Waals surface area (Å²) in [6.45, 7) is 2.26. The highest BCUT2D eigenvalue weighted by Gasteiger charge is 2.04. The van der Waals surface area contributed by atoms with Crippen LogP contribution in [0.1, 0.15) is 11.3 Å². The largest absolute Gasteiger partial charge is 0.439 e. The number of pyridine rings is 1. The van der Waals surface area contributed by atoms with Gasteiger partial charge in [-0.3, -0.25) is 0 Å². The molecular formula is C13H12BrFN2O. The molecule has 0 radical (unpaired) electrons. The number of nitrogens with two attached hydrogens (primary N) is 1. The van der Waals surface area contributed by atoms with Gasteiger partial charge in [0.25, 0.3) is 0 Å². The van der Waals surface area contributed by atoms with Crippen LogP contribution in [0.3, 0.4) is 0 Å². The minimum atomic E-state index is -0.369. The van der Waals surface area contributed by atoms with E-state index in [4.69, 9.17) is 10.5 Å². The monoisotopic (exact) mass is 310 g/mol. The van der Waals surface area contributed by atoms with E-state index in [0.717, 1.165) is 11.3 Å². The molecule has 0 spiro atoms. The average molecular weight is 311 g/mol. The first-order chi connectivity index (χ1) is 8.56. The summed E-state index contributed by atoms with van der Waals surface area (Å²) in [4.78, 5) is 4.22. The number of aryl methyl sites for hydroxylation is 1. The fourth-order valence-electron chi connectivity index (χ4n) is 1.59. The number of hydrogen-bond acceptors (Lipinski definition) is 3. The van der Waals surface area contributed by atoms with E-state index < -0.39 is 0 Å². The standard InChI is InChI=1S/C13H12BrFN2O/c1-8-2-9(7-16)3-13(17-8)18-12-5-10(14)4-11(15)6-12/h2-6H,7,16H2,1H3. The molecule has 1 aromatic carbocycles. The second-order valence-corrected chi connectivity index (χ2v) is 4.78. The van der Waals surface area contributed by atoms with Crippen LogP contribution in [0.25, 0.3) is 0 Å². The number of rotatable bonds is 3. The van der Waals surface area contributed by atoms with Crippen LogP contribution in [0.15, 0.2) is 34.8 Å². The van der Waals surface area contributed by atoms with E-state index in [0.29, 0.717) is 22.6 Å². The smallest absolute Gasteiger partial charge is 0.219 e. The molecule has 3 nitrogen and oxygen atoms in total. The molecule has 0 atom stereocenters. The zero-order valence-electron chi connectivity index (χ0n) is 9.78. The summed E-state index contributed by atoms with van der Waals surface area (Å²) in [6.07, 6.45) is 0. The second-order valence-electron chi connectivity index (χ2n) is 3.87. The molecule has 5 heteroatoms. The third kappa shape index (κ3) is 3.27. The topological polar surface area (TPSA) is 48.1 Å². The van der Waals surface area contributed by atoms with Crippen molar-refractivity contribution in [1.82, 2.24) is 4.98 Å². The van der Waals surface area contributed by atoms with Crippen LogP contribution in [-0.4, -0.2) is 4.98 Å². The molecule has 0 aliphatic heterocycles. The lowest BCUT2D eigenvalue weighted by molar-refractivity contribution is 0.455. The van der Waals surface area contributed by atoms with Gasteiger partial charge >= 0.3 is 0 Å². The van der Waals surface area contributed by atoms with Gasteiger partial charge in [0, 0.05) is 28.8 Å². The van der Waals surface area contributed by atoms with Crippen LogP contribution in [0.2, 0.25) is 0 Å². The first-order valence-electron chi connectivity index (χ1n) is 5.38. The molecule has 18 heavy (non-hydrogen) atoms. The van der Waals surface area contributed by atoms with Crippen LogP contribution in [-0.2, 0) is 6.54 Å². The lowest BCUT2D eigenvalue weighted by Gasteiger charge is -2.08. The van der Waals surface area contributed by atoms with Gasteiger partial charge in [0.2, 0.25) is 5.88 Å². The van der Waals surface area contributed by atoms with Gasteiger partial charge in [0.1, 0.15) is 11.6 Å². The number of ether oxygens (including phenoxy) is 1. The van der Waals surface area contributed by atoms with Crippen molar-refractivity contribution in [2.45, 2.75) is 13.5 Å². The first kappa shape index (κ1) is 13.0. The summed E-state index contributed by atoms with van der Waals surface area (Å²) in [7, 11) is 0. The Hall–Kier alpha value is -1.46. The van der Waals surface area contributed by atoms with Crippen molar-refractivity contribution in [3.05, 3.63) is 51.9 Å². The molecule has 0 amide bonds. The molecule has 2 N–H and O–H groups in total. The molecule has 0 aliphatic carbocycles. The van der Waals surface area contributed by atoms with E-state index in [1.54, 1.807) is 12.1 Å². The van der Waals surface area contributed by atoms with Gasteiger partial charge in [-0.25, -0.2) is 9.37 Å². The number of aromatic nitrogens is 1. The number of hydrogen-bond donors (Lipinski definition) is 1. The van der Waals surface area contributed by atoms with Crippen LogP contribution >= 0.6 is 15.9 Å². The number of nitrogens with zero attached hydrogens (tertiary/aromatic N) is 1. The Morgan fingerprint density at radius 3 is 2.72 bits per heavy atom. The van der Waals surface area contributed by atoms with Crippen LogP contribution < -0.4 is 10.5 Å². The quantitative estimate of drug-likeness (QED) is 0.943. The number of halogens is 2. The maximum atomic E-state index is 13.2.